The van der Waals surface area contributed by atoms with Crippen LogP contribution in [0.3, 0.4) is 0 Å². The van der Waals surface area contributed by atoms with Gasteiger partial charge in [0.1, 0.15) is 6.04 Å². The molecule has 0 aromatic rings. The second-order valence-corrected chi connectivity index (χ2v) is 3.40. The van der Waals surface area contributed by atoms with E-state index in [9.17, 15) is 4.79 Å². The Hall–Kier alpha value is -1.08. The van der Waals surface area contributed by atoms with Crippen molar-refractivity contribution in [2.24, 2.45) is 0 Å². The molecule has 1 rings (SSSR count). The molecular formula is C9H14N2O2. The molecule has 4 heteroatoms. The highest BCUT2D eigenvalue weighted by Crippen LogP contribution is 2.16. The molecule has 0 N–H and O–H groups in total. The summed E-state index contributed by atoms with van der Waals surface area (Å²) in [6.45, 7) is 4.72. The van der Waals surface area contributed by atoms with Crippen molar-refractivity contribution in [1.82, 2.24) is 4.90 Å². The number of esters is 1. The summed E-state index contributed by atoms with van der Waals surface area (Å²) in [6.07, 6.45) is 0.707. The van der Waals surface area contributed by atoms with Crippen molar-refractivity contribution < 1.29 is 9.53 Å². The van der Waals surface area contributed by atoms with Gasteiger partial charge in [-0.25, -0.2) is 0 Å². The number of ether oxygens (including phenoxy) is 1. The van der Waals surface area contributed by atoms with Crippen LogP contribution in [-0.4, -0.2) is 36.1 Å². The minimum atomic E-state index is -0.209. The monoisotopic (exact) mass is 182 g/mol. The third-order valence-electron chi connectivity index (χ3n) is 2.22. The number of rotatable bonds is 3. The van der Waals surface area contributed by atoms with Crippen LogP contribution in [0.15, 0.2) is 0 Å². The molecule has 0 spiro atoms. The second-order valence-electron chi connectivity index (χ2n) is 3.40. The Kier molecular flexibility index (Phi) is 3.26. The van der Waals surface area contributed by atoms with Gasteiger partial charge < -0.3 is 4.74 Å². The van der Waals surface area contributed by atoms with Gasteiger partial charge in [0.25, 0.3) is 0 Å². The van der Waals surface area contributed by atoms with E-state index in [0.717, 1.165) is 0 Å². The summed E-state index contributed by atoms with van der Waals surface area (Å²) in [5.41, 5.74) is 0. The summed E-state index contributed by atoms with van der Waals surface area (Å²) in [4.78, 5) is 13.1. The average Bonchev–Trinajstić information content (AvgIpc) is 2.47. The van der Waals surface area contributed by atoms with E-state index in [1.165, 1.54) is 0 Å². The summed E-state index contributed by atoms with van der Waals surface area (Å²) >= 11 is 0. The molecule has 13 heavy (non-hydrogen) atoms. The fraction of sp³-hybridized carbons (Fsp3) is 0.778. The van der Waals surface area contributed by atoms with Crippen molar-refractivity contribution >= 4 is 5.97 Å². The number of carbonyl (C=O) groups is 1. The van der Waals surface area contributed by atoms with Crippen LogP contribution in [0.4, 0.5) is 0 Å². The number of cyclic esters (lactones) is 1. The number of hydrogen-bond acceptors (Lipinski definition) is 4. The lowest BCUT2D eigenvalue weighted by Crippen LogP contribution is -2.43. The molecular weight excluding hydrogens is 168 g/mol. The standard InChI is InChI=1S/C9H14N2O2/c1-7(2)11(5-4-10)8-3-6-13-9(8)12/h7-8H,3,5-6H2,1-2H3. The Balaban J connectivity index is 2.64. The predicted molar refractivity (Wildman–Crippen MR) is 46.8 cm³/mol. The molecule has 0 saturated carbocycles. The molecule has 0 bridgehead atoms. The molecule has 0 radical (unpaired) electrons. The van der Waals surface area contributed by atoms with Crippen molar-refractivity contribution in [3.8, 4) is 6.07 Å². The highest BCUT2D eigenvalue weighted by Gasteiger charge is 2.33. The lowest BCUT2D eigenvalue weighted by molar-refractivity contribution is -0.142. The average molecular weight is 182 g/mol. The first-order valence-electron chi connectivity index (χ1n) is 4.46. The van der Waals surface area contributed by atoms with Crippen molar-refractivity contribution in [1.29, 1.82) is 5.26 Å². The maximum Gasteiger partial charge on any atom is 0.323 e. The lowest BCUT2D eigenvalue weighted by Gasteiger charge is -2.26. The van der Waals surface area contributed by atoms with Crippen LogP contribution in [0.5, 0.6) is 0 Å². The van der Waals surface area contributed by atoms with Crippen LogP contribution in [0.1, 0.15) is 20.3 Å². The molecule has 4 nitrogen and oxygen atoms in total. The van der Waals surface area contributed by atoms with Gasteiger partial charge in [0.2, 0.25) is 0 Å². The van der Waals surface area contributed by atoms with Crippen LogP contribution >= 0.6 is 0 Å². The van der Waals surface area contributed by atoms with Crippen molar-refractivity contribution in [2.75, 3.05) is 13.2 Å². The first-order valence-corrected chi connectivity index (χ1v) is 4.46. The van der Waals surface area contributed by atoms with E-state index in [-0.39, 0.29) is 24.6 Å². The van der Waals surface area contributed by atoms with E-state index in [1.54, 1.807) is 0 Å². The minimum absolute atomic E-state index is 0.191. The molecule has 0 aliphatic carbocycles. The van der Waals surface area contributed by atoms with Crippen LogP contribution in [0.2, 0.25) is 0 Å². The van der Waals surface area contributed by atoms with Gasteiger partial charge in [0.15, 0.2) is 0 Å². The summed E-state index contributed by atoms with van der Waals surface area (Å²) in [7, 11) is 0. The molecule has 1 atom stereocenters. The van der Waals surface area contributed by atoms with Crippen molar-refractivity contribution in [3.63, 3.8) is 0 Å². The SMILES string of the molecule is CC(C)N(CC#N)C1CCOC1=O. The third kappa shape index (κ3) is 2.19. The fourth-order valence-electron chi connectivity index (χ4n) is 1.52. The predicted octanol–water partition coefficient (Wildman–Crippen LogP) is 0.536. The van der Waals surface area contributed by atoms with Crippen LogP contribution in [0, 0.1) is 11.3 Å². The molecule has 1 unspecified atom stereocenters. The first kappa shape index (κ1) is 10.0. The fourth-order valence-corrected chi connectivity index (χ4v) is 1.52. The number of nitriles is 1. The van der Waals surface area contributed by atoms with Gasteiger partial charge >= 0.3 is 5.97 Å². The van der Waals surface area contributed by atoms with Gasteiger partial charge in [-0.2, -0.15) is 5.26 Å². The summed E-state index contributed by atoms with van der Waals surface area (Å²) in [5, 5.41) is 8.59. The highest BCUT2D eigenvalue weighted by molar-refractivity contribution is 5.77. The van der Waals surface area contributed by atoms with E-state index in [4.69, 9.17) is 10.00 Å². The number of nitrogens with zero attached hydrogens (tertiary/aromatic N) is 2. The first-order chi connectivity index (χ1) is 6.16. The van der Waals surface area contributed by atoms with Gasteiger partial charge in [-0.05, 0) is 13.8 Å². The van der Waals surface area contributed by atoms with E-state index in [0.29, 0.717) is 13.0 Å². The Bertz CT molecular complexity index is 232. The largest absolute Gasteiger partial charge is 0.464 e. The molecule has 0 aromatic carbocycles. The van der Waals surface area contributed by atoms with Gasteiger partial charge in [-0.1, -0.05) is 0 Å². The summed E-state index contributed by atoms with van der Waals surface area (Å²) in [6, 6.07) is 2.06. The van der Waals surface area contributed by atoms with Crippen LogP contribution < -0.4 is 0 Å². The van der Waals surface area contributed by atoms with E-state index in [2.05, 4.69) is 6.07 Å². The van der Waals surface area contributed by atoms with Crippen molar-refractivity contribution in [3.05, 3.63) is 0 Å². The molecule has 1 aliphatic rings. The Morgan fingerprint density at radius 1 is 1.77 bits per heavy atom. The molecule has 1 saturated heterocycles. The minimum Gasteiger partial charge on any atom is -0.464 e. The maximum atomic E-state index is 11.2. The Labute approximate surface area is 78.1 Å². The quantitative estimate of drug-likeness (QED) is 0.472. The van der Waals surface area contributed by atoms with Crippen LogP contribution in [0.25, 0.3) is 0 Å². The third-order valence-corrected chi connectivity index (χ3v) is 2.22. The molecule has 1 aliphatic heterocycles. The van der Waals surface area contributed by atoms with E-state index < -0.39 is 0 Å². The zero-order chi connectivity index (χ0) is 9.84. The van der Waals surface area contributed by atoms with Crippen LogP contribution in [-0.2, 0) is 9.53 Å². The number of hydrogen-bond donors (Lipinski definition) is 0. The van der Waals surface area contributed by atoms with Gasteiger partial charge in [-0.15, -0.1) is 0 Å². The maximum absolute atomic E-state index is 11.2. The van der Waals surface area contributed by atoms with Crippen molar-refractivity contribution in [2.45, 2.75) is 32.4 Å². The topological polar surface area (TPSA) is 53.3 Å². The molecule has 0 aromatic heterocycles. The molecule has 72 valence electrons. The summed E-state index contributed by atoms with van der Waals surface area (Å²) in [5.74, 6) is -0.191. The number of carbonyl (C=O) groups excluding carboxylic acids is 1. The Morgan fingerprint density at radius 3 is 2.85 bits per heavy atom. The molecule has 1 heterocycles. The molecule has 1 fully saturated rings. The molecule has 0 amide bonds. The smallest absolute Gasteiger partial charge is 0.323 e. The lowest BCUT2D eigenvalue weighted by atomic mass is 10.1. The van der Waals surface area contributed by atoms with E-state index in [1.807, 2.05) is 18.7 Å². The summed E-state index contributed by atoms with van der Waals surface area (Å²) < 4.78 is 4.85. The Morgan fingerprint density at radius 2 is 2.46 bits per heavy atom. The zero-order valence-corrected chi connectivity index (χ0v) is 7.99. The van der Waals surface area contributed by atoms with Gasteiger partial charge in [0.05, 0.1) is 19.2 Å². The van der Waals surface area contributed by atoms with Gasteiger partial charge in [-0.3, -0.25) is 9.69 Å². The zero-order valence-electron chi connectivity index (χ0n) is 7.99. The second kappa shape index (κ2) is 4.24. The van der Waals surface area contributed by atoms with E-state index >= 15 is 0 Å². The highest BCUT2D eigenvalue weighted by atomic mass is 16.5. The van der Waals surface area contributed by atoms with Gasteiger partial charge in [0, 0.05) is 12.5 Å². The normalized spacial score (nSPS) is 22.1.